The van der Waals surface area contributed by atoms with Gasteiger partial charge >= 0.3 is 5.97 Å². The second kappa shape index (κ2) is 6.54. The summed E-state index contributed by atoms with van der Waals surface area (Å²) in [6.45, 7) is 6.65. The second-order valence-electron chi connectivity index (χ2n) is 5.05. The lowest BCUT2D eigenvalue weighted by molar-refractivity contribution is 0.0657. The minimum absolute atomic E-state index is 0.0247. The minimum atomic E-state index is -1.05. The highest BCUT2D eigenvalue weighted by Gasteiger charge is 2.21. The maximum Gasteiger partial charge on any atom is 0.373 e. The molecule has 0 aliphatic rings. The first-order valence-electron chi connectivity index (χ1n) is 6.14. The number of ether oxygens (including phenoxy) is 1. The summed E-state index contributed by atoms with van der Waals surface area (Å²) in [4.78, 5) is 15.4. The van der Waals surface area contributed by atoms with Gasteiger partial charge in [0.25, 0.3) is 0 Å². The second-order valence-corrected chi connectivity index (χ2v) is 5.05. The van der Waals surface area contributed by atoms with Gasteiger partial charge in [-0.2, -0.15) is 0 Å². The van der Waals surface area contributed by atoms with E-state index in [1.165, 1.54) is 0 Å². The number of carboxylic acids is 1. The lowest BCUT2D eigenvalue weighted by Crippen LogP contribution is -2.07. The van der Waals surface area contributed by atoms with Gasteiger partial charge in [-0.15, -0.1) is 0 Å². The van der Waals surface area contributed by atoms with E-state index in [-0.39, 0.29) is 11.7 Å². The molecule has 0 aliphatic carbocycles. The van der Waals surface area contributed by atoms with Crippen LogP contribution in [0.5, 0.6) is 0 Å². The molecule has 1 aromatic rings. The molecule has 1 atom stereocenters. The van der Waals surface area contributed by atoms with E-state index in [1.54, 1.807) is 7.11 Å². The summed E-state index contributed by atoms with van der Waals surface area (Å²) in [6.07, 6.45) is 1.20. The lowest BCUT2D eigenvalue weighted by Gasteiger charge is -2.06. The molecular formula is C13H21NO4. The standard InChI is InChI=1S/C13H21NO4/c1-8(2)5-10-12(13(15)16)18-11(14-10)6-9(3)7-17-4/h8-9H,5-7H2,1-4H3,(H,15,16). The molecule has 0 saturated heterocycles. The van der Waals surface area contributed by atoms with Gasteiger partial charge in [0, 0.05) is 20.1 Å². The van der Waals surface area contributed by atoms with Gasteiger partial charge in [0.1, 0.15) is 0 Å². The van der Waals surface area contributed by atoms with E-state index in [0.29, 0.717) is 37.0 Å². The van der Waals surface area contributed by atoms with Crippen molar-refractivity contribution in [1.29, 1.82) is 0 Å². The molecule has 0 saturated carbocycles. The third kappa shape index (κ3) is 4.14. The molecule has 0 bridgehead atoms. The highest BCUT2D eigenvalue weighted by Crippen LogP contribution is 2.18. The van der Waals surface area contributed by atoms with Crippen LogP contribution < -0.4 is 0 Å². The molecular weight excluding hydrogens is 234 g/mol. The Morgan fingerprint density at radius 1 is 1.39 bits per heavy atom. The predicted molar refractivity (Wildman–Crippen MR) is 66.7 cm³/mol. The summed E-state index contributed by atoms with van der Waals surface area (Å²) in [5, 5.41) is 9.07. The number of hydrogen-bond acceptors (Lipinski definition) is 4. The number of hydrogen-bond donors (Lipinski definition) is 1. The van der Waals surface area contributed by atoms with Gasteiger partial charge < -0.3 is 14.3 Å². The molecule has 0 aliphatic heterocycles. The first kappa shape index (κ1) is 14.7. The maximum absolute atomic E-state index is 11.1. The van der Waals surface area contributed by atoms with Gasteiger partial charge in [0.2, 0.25) is 5.76 Å². The van der Waals surface area contributed by atoms with Crippen LogP contribution >= 0.6 is 0 Å². The molecule has 1 aromatic heterocycles. The van der Waals surface area contributed by atoms with Crippen molar-refractivity contribution < 1.29 is 19.1 Å². The Morgan fingerprint density at radius 2 is 2.06 bits per heavy atom. The molecule has 0 radical (unpaired) electrons. The third-order valence-electron chi connectivity index (χ3n) is 2.51. The van der Waals surface area contributed by atoms with Gasteiger partial charge in [0.15, 0.2) is 5.89 Å². The molecule has 0 aromatic carbocycles. The van der Waals surface area contributed by atoms with E-state index < -0.39 is 5.97 Å². The number of aromatic carboxylic acids is 1. The zero-order valence-electron chi connectivity index (χ0n) is 11.4. The van der Waals surface area contributed by atoms with Gasteiger partial charge in [-0.25, -0.2) is 9.78 Å². The zero-order valence-corrected chi connectivity index (χ0v) is 11.4. The van der Waals surface area contributed by atoms with E-state index in [2.05, 4.69) is 4.98 Å². The number of carbonyl (C=O) groups is 1. The van der Waals surface area contributed by atoms with Crippen molar-refractivity contribution in [2.75, 3.05) is 13.7 Å². The van der Waals surface area contributed by atoms with Crippen LogP contribution in [-0.2, 0) is 17.6 Å². The summed E-state index contributed by atoms with van der Waals surface area (Å²) in [5.74, 6) is -0.000597. The highest BCUT2D eigenvalue weighted by molar-refractivity contribution is 5.85. The molecule has 5 nitrogen and oxygen atoms in total. The predicted octanol–water partition coefficient (Wildman–Crippen LogP) is 2.40. The first-order chi connectivity index (χ1) is 8.43. The van der Waals surface area contributed by atoms with Crippen molar-refractivity contribution in [3.63, 3.8) is 0 Å². The van der Waals surface area contributed by atoms with Gasteiger partial charge in [-0.1, -0.05) is 20.8 Å². The molecule has 1 N–H and O–H groups in total. The Hall–Kier alpha value is -1.36. The fraction of sp³-hybridized carbons (Fsp3) is 0.692. The Bertz CT molecular complexity index is 398. The van der Waals surface area contributed by atoms with E-state index in [9.17, 15) is 4.79 Å². The van der Waals surface area contributed by atoms with Crippen molar-refractivity contribution in [2.24, 2.45) is 11.8 Å². The fourth-order valence-electron chi connectivity index (χ4n) is 1.82. The third-order valence-corrected chi connectivity index (χ3v) is 2.51. The van der Waals surface area contributed by atoms with E-state index in [1.807, 2.05) is 20.8 Å². The quantitative estimate of drug-likeness (QED) is 0.810. The maximum atomic E-state index is 11.1. The van der Waals surface area contributed by atoms with Gasteiger partial charge in [-0.3, -0.25) is 0 Å². The van der Waals surface area contributed by atoms with Crippen LogP contribution in [0.2, 0.25) is 0 Å². The normalized spacial score (nSPS) is 12.9. The largest absolute Gasteiger partial charge is 0.475 e. The molecule has 1 rings (SSSR count). The molecule has 102 valence electrons. The number of oxazole rings is 1. The van der Waals surface area contributed by atoms with E-state index in [0.717, 1.165) is 0 Å². The molecule has 18 heavy (non-hydrogen) atoms. The molecule has 5 heteroatoms. The summed E-state index contributed by atoms with van der Waals surface area (Å²) in [7, 11) is 1.64. The smallest absolute Gasteiger partial charge is 0.373 e. The van der Waals surface area contributed by atoms with Gasteiger partial charge in [-0.05, 0) is 18.3 Å². The Kier molecular flexibility index (Phi) is 5.34. The number of carboxylic acid groups (broad SMARTS) is 1. The summed E-state index contributed by atoms with van der Waals surface area (Å²) in [6, 6.07) is 0. The van der Waals surface area contributed by atoms with Crippen LogP contribution in [-0.4, -0.2) is 29.8 Å². The Balaban J connectivity index is 2.84. The topological polar surface area (TPSA) is 72.6 Å². The molecule has 1 unspecified atom stereocenters. The number of rotatable bonds is 7. The number of nitrogens with zero attached hydrogens (tertiary/aromatic N) is 1. The van der Waals surface area contributed by atoms with Crippen molar-refractivity contribution >= 4 is 5.97 Å². The number of methoxy groups -OCH3 is 1. The average Bonchev–Trinajstić information content (AvgIpc) is 2.60. The van der Waals surface area contributed by atoms with Crippen LogP contribution in [0.1, 0.15) is 42.9 Å². The summed E-state index contributed by atoms with van der Waals surface area (Å²) < 4.78 is 10.4. The minimum Gasteiger partial charge on any atom is -0.475 e. The van der Waals surface area contributed by atoms with Crippen LogP contribution in [0, 0.1) is 11.8 Å². The molecule has 0 amide bonds. The fourth-order valence-corrected chi connectivity index (χ4v) is 1.82. The molecule has 1 heterocycles. The molecule has 0 spiro atoms. The molecule has 0 fully saturated rings. The van der Waals surface area contributed by atoms with Crippen molar-refractivity contribution in [2.45, 2.75) is 33.6 Å². The average molecular weight is 255 g/mol. The Morgan fingerprint density at radius 3 is 2.56 bits per heavy atom. The van der Waals surface area contributed by atoms with Crippen LogP contribution in [0.15, 0.2) is 4.42 Å². The van der Waals surface area contributed by atoms with Crippen LogP contribution in [0.25, 0.3) is 0 Å². The van der Waals surface area contributed by atoms with E-state index >= 15 is 0 Å². The van der Waals surface area contributed by atoms with E-state index in [4.69, 9.17) is 14.3 Å². The zero-order chi connectivity index (χ0) is 13.7. The highest BCUT2D eigenvalue weighted by atomic mass is 16.5. The van der Waals surface area contributed by atoms with Crippen LogP contribution in [0.4, 0.5) is 0 Å². The van der Waals surface area contributed by atoms with Gasteiger partial charge in [0.05, 0.1) is 5.69 Å². The van der Waals surface area contributed by atoms with Crippen molar-refractivity contribution in [1.82, 2.24) is 4.98 Å². The first-order valence-corrected chi connectivity index (χ1v) is 6.14. The summed E-state index contributed by atoms with van der Waals surface area (Å²) >= 11 is 0. The monoisotopic (exact) mass is 255 g/mol. The SMILES string of the molecule is COCC(C)Cc1nc(CC(C)C)c(C(=O)O)o1. The van der Waals surface area contributed by atoms with Crippen molar-refractivity contribution in [3.05, 3.63) is 17.3 Å². The van der Waals surface area contributed by atoms with Crippen molar-refractivity contribution in [3.8, 4) is 0 Å². The lowest BCUT2D eigenvalue weighted by atomic mass is 10.1. The number of aromatic nitrogens is 1. The Labute approximate surface area is 107 Å². The van der Waals surface area contributed by atoms with Crippen LogP contribution in [0.3, 0.4) is 0 Å². The summed E-state index contributed by atoms with van der Waals surface area (Å²) in [5.41, 5.74) is 0.539.